The molecule has 1 saturated carbocycles. The number of likely N-dealkylation sites (tertiary alicyclic amines) is 1. The first-order chi connectivity index (χ1) is 21.9. The van der Waals surface area contributed by atoms with Gasteiger partial charge < -0.3 is 10.4 Å². The van der Waals surface area contributed by atoms with Crippen molar-refractivity contribution in [2.24, 2.45) is 17.8 Å². The minimum absolute atomic E-state index is 0.0849. The number of phenols is 1. The van der Waals surface area contributed by atoms with Crippen LogP contribution in [0.4, 0.5) is 17.1 Å². The molecule has 8 nitrogen and oxygen atoms in total. The van der Waals surface area contributed by atoms with Crippen molar-refractivity contribution in [3.05, 3.63) is 95.1 Å². The van der Waals surface area contributed by atoms with Crippen LogP contribution in [0.1, 0.15) is 35.4 Å². The number of carbonyl (C=O) groups excluding carboxylic acids is 4. The molecule has 3 aromatic rings. The summed E-state index contributed by atoms with van der Waals surface area (Å²) in [6, 6.07) is 20.2. The fraction of sp³-hybridized carbons (Fsp3) is 0.314. The maximum absolute atomic E-state index is 14.3. The number of imide groups is 2. The molecule has 6 atom stereocenters. The van der Waals surface area contributed by atoms with E-state index in [4.69, 9.17) is 23.2 Å². The maximum Gasteiger partial charge on any atom is 0.254 e. The van der Waals surface area contributed by atoms with E-state index in [9.17, 15) is 24.3 Å². The summed E-state index contributed by atoms with van der Waals surface area (Å²) in [7, 11) is 0. The van der Waals surface area contributed by atoms with Gasteiger partial charge in [0, 0.05) is 17.3 Å². The Balaban J connectivity index is 1.29. The Morgan fingerprint density at radius 3 is 2.15 bits per heavy atom. The summed E-state index contributed by atoms with van der Waals surface area (Å²) in [6.45, 7) is 3.49. The summed E-state index contributed by atoms with van der Waals surface area (Å²) in [5.41, 5.74) is 4.52. The first-order valence-electron chi connectivity index (χ1n) is 15.0. The maximum atomic E-state index is 14.3. The number of amides is 4. The molecule has 46 heavy (non-hydrogen) atoms. The van der Waals surface area contributed by atoms with Gasteiger partial charge in [-0.25, -0.2) is 0 Å². The molecule has 2 N–H and O–H groups in total. The number of benzene rings is 3. The molecule has 4 amide bonds. The number of halogens is 3. The summed E-state index contributed by atoms with van der Waals surface area (Å²) in [5.74, 6) is -4.81. The molecule has 0 bridgehead atoms. The number of hydrogen-bond donors (Lipinski definition) is 2. The molecule has 3 aromatic carbocycles. The summed E-state index contributed by atoms with van der Waals surface area (Å²) >= 11 is 17.9. The molecular weight excluding hydrogens is 693 g/mol. The Kier molecular flexibility index (Phi) is 7.38. The number of fused-ring (bicyclic) bond motifs is 4. The van der Waals surface area contributed by atoms with E-state index in [1.807, 2.05) is 48.5 Å². The number of alkyl halides is 3. The van der Waals surface area contributed by atoms with Crippen molar-refractivity contribution in [2.75, 3.05) is 15.7 Å². The topological polar surface area (TPSA) is 107 Å². The van der Waals surface area contributed by atoms with Crippen molar-refractivity contribution in [1.82, 2.24) is 4.90 Å². The fourth-order valence-electron chi connectivity index (χ4n) is 7.92. The third-order valence-corrected chi connectivity index (χ3v) is 12.0. The van der Waals surface area contributed by atoms with E-state index in [0.717, 1.165) is 16.3 Å². The van der Waals surface area contributed by atoms with Crippen molar-refractivity contribution < 1.29 is 24.3 Å². The number of aromatic hydroxyl groups is 1. The highest BCUT2D eigenvalue weighted by molar-refractivity contribution is 9.09. The number of aryl methyl sites for hydroxylation is 2. The molecular formula is C35H30BrCl2N3O5. The molecule has 0 radical (unpaired) electrons. The van der Waals surface area contributed by atoms with Gasteiger partial charge in [-0.3, -0.25) is 29.0 Å². The smallest absolute Gasteiger partial charge is 0.254 e. The van der Waals surface area contributed by atoms with Crippen molar-refractivity contribution in [1.29, 1.82) is 0 Å². The second-order valence-electron chi connectivity index (χ2n) is 12.5. The molecule has 7 rings (SSSR count). The second kappa shape index (κ2) is 11.0. The van der Waals surface area contributed by atoms with Crippen LogP contribution >= 0.6 is 39.1 Å². The van der Waals surface area contributed by atoms with E-state index in [1.54, 1.807) is 38.1 Å². The largest absolute Gasteiger partial charge is 0.507 e. The molecule has 11 heteroatoms. The zero-order chi connectivity index (χ0) is 32.7. The lowest BCUT2D eigenvalue weighted by Gasteiger charge is -2.51. The lowest BCUT2D eigenvalue weighted by molar-refractivity contribution is -0.138. The third-order valence-electron chi connectivity index (χ3n) is 10.0. The molecule has 3 fully saturated rings. The molecule has 0 aromatic heterocycles. The predicted octanol–water partition coefficient (Wildman–Crippen LogP) is 6.67. The van der Waals surface area contributed by atoms with E-state index in [-0.39, 0.29) is 35.9 Å². The zero-order valence-electron chi connectivity index (χ0n) is 25.0. The van der Waals surface area contributed by atoms with Crippen molar-refractivity contribution in [3.63, 3.8) is 0 Å². The van der Waals surface area contributed by atoms with E-state index >= 15 is 0 Å². The Bertz CT molecular complexity index is 1830. The Labute approximate surface area is 284 Å². The number of phenolic OH excluding ortho intramolecular Hbond substituents is 1. The summed E-state index contributed by atoms with van der Waals surface area (Å²) in [6.07, 6.45) is 2.09. The van der Waals surface area contributed by atoms with Crippen LogP contribution in [-0.2, 0) is 19.2 Å². The monoisotopic (exact) mass is 721 g/mol. The first kappa shape index (κ1) is 31.0. The average Bonchev–Trinajstić information content (AvgIpc) is 3.38. The fourth-order valence-corrected chi connectivity index (χ4v) is 9.35. The van der Waals surface area contributed by atoms with E-state index in [2.05, 4.69) is 21.2 Å². The van der Waals surface area contributed by atoms with Crippen LogP contribution in [0.2, 0.25) is 0 Å². The molecule has 4 aliphatic rings. The molecule has 2 aliphatic heterocycles. The number of anilines is 3. The van der Waals surface area contributed by atoms with Crippen LogP contribution in [0.5, 0.6) is 5.75 Å². The van der Waals surface area contributed by atoms with Gasteiger partial charge in [-0.15, -0.1) is 23.2 Å². The van der Waals surface area contributed by atoms with Gasteiger partial charge in [0.1, 0.15) is 5.75 Å². The van der Waals surface area contributed by atoms with Crippen LogP contribution in [0.3, 0.4) is 0 Å². The molecule has 0 spiro atoms. The molecule has 2 heterocycles. The van der Waals surface area contributed by atoms with Gasteiger partial charge in [0.2, 0.25) is 11.8 Å². The van der Waals surface area contributed by atoms with E-state index in [0.29, 0.717) is 28.0 Å². The number of para-hydroxylation sites is 1. The Hall–Kier alpha value is -3.66. The number of hydrogen-bond acceptors (Lipinski definition) is 6. The Morgan fingerprint density at radius 2 is 1.52 bits per heavy atom. The number of rotatable bonds is 5. The molecule has 236 valence electrons. The van der Waals surface area contributed by atoms with Crippen molar-refractivity contribution in [2.45, 2.75) is 42.4 Å². The van der Waals surface area contributed by atoms with Gasteiger partial charge in [-0.1, -0.05) is 57.9 Å². The van der Waals surface area contributed by atoms with Gasteiger partial charge in [0.25, 0.3) is 11.8 Å². The van der Waals surface area contributed by atoms with Crippen molar-refractivity contribution in [3.8, 4) is 5.75 Å². The number of carbonyl (C=O) groups is 4. The number of allylic oxidation sites excluding steroid dienone is 2. The van der Waals surface area contributed by atoms with Crippen LogP contribution in [0.25, 0.3) is 0 Å². The third kappa shape index (κ3) is 4.24. The highest BCUT2D eigenvalue weighted by Crippen LogP contribution is 2.65. The number of nitrogens with zero attached hydrogens (tertiary/aromatic N) is 2. The van der Waals surface area contributed by atoms with Crippen LogP contribution in [-0.4, -0.2) is 48.8 Å². The zero-order valence-corrected chi connectivity index (χ0v) is 28.1. The minimum Gasteiger partial charge on any atom is -0.507 e. The van der Waals surface area contributed by atoms with E-state index in [1.165, 1.54) is 4.90 Å². The van der Waals surface area contributed by atoms with Crippen LogP contribution < -0.4 is 10.2 Å². The normalized spacial score (nSPS) is 30.2. The number of nitrogens with one attached hydrogen (secondary N) is 1. The summed E-state index contributed by atoms with van der Waals surface area (Å²) in [5, 5.41) is 13.9. The molecule has 0 unspecified atom stereocenters. The summed E-state index contributed by atoms with van der Waals surface area (Å²) < 4.78 is 0. The lowest BCUT2D eigenvalue weighted by Crippen LogP contribution is -2.60. The highest BCUT2D eigenvalue weighted by Gasteiger charge is 2.76. The van der Waals surface area contributed by atoms with Gasteiger partial charge in [-0.2, -0.15) is 0 Å². The van der Waals surface area contributed by atoms with Gasteiger partial charge in [-0.05, 0) is 85.7 Å². The lowest BCUT2D eigenvalue weighted by atomic mass is 9.56. The standard InChI is InChI=1S/C35H30BrCl2N3O5/c1-18-14-20(15-19(2)29(18)42)28-24-12-13-25-27(26(24)16-34(37)32(45)40(17-36)33(46)35(28,34)38)31(44)41(30(25)43)23-10-8-22(9-11-23)39-21-6-4-3-5-7-21/h3-12,14-15,25-28,39,42H,13,16-17H2,1-2H3/t25-,26+,27-,28-,34+,35-/m0/s1. The van der Waals surface area contributed by atoms with Crippen LogP contribution in [0.15, 0.2) is 78.4 Å². The Morgan fingerprint density at radius 1 is 0.891 bits per heavy atom. The van der Waals surface area contributed by atoms with Gasteiger partial charge in [0.15, 0.2) is 9.75 Å². The van der Waals surface area contributed by atoms with Crippen LogP contribution in [0, 0.1) is 31.6 Å². The minimum atomic E-state index is -1.89. The predicted molar refractivity (Wildman–Crippen MR) is 180 cm³/mol. The first-order valence-corrected chi connectivity index (χ1v) is 16.9. The van der Waals surface area contributed by atoms with Crippen molar-refractivity contribution >= 4 is 79.8 Å². The highest BCUT2D eigenvalue weighted by atomic mass is 79.9. The van der Waals surface area contributed by atoms with E-state index < -0.39 is 45.2 Å². The SMILES string of the molecule is Cc1cc([C@H]2C3=CC[C@@H]4C(=O)N(c5ccc(Nc6ccccc6)cc5)C(=O)[C@@H]4[C@@H]3C[C@@]3(Cl)C(=O)N(CBr)C(=O)[C@@]23Cl)cc(C)c1O. The molecule has 2 aliphatic carbocycles. The molecule has 2 saturated heterocycles. The average molecular weight is 723 g/mol. The second-order valence-corrected chi connectivity index (χ2v) is 14.3. The quantitative estimate of drug-likeness (QED) is 0.132. The van der Waals surface area contributed by atoms with Gasteiger partial charge in [0.05, 0.1) is 23.0 Å². The van der Waals surface area contributed by atoms with Gasteiger partial charge >= 0.3 is 0 Å². The summed E-state index contributed by atoms with van der Waals surface area (Å²) in [4.78, 5) is 54.5.